The number of thiazole rings is 3. The lowest BCUT2D eigenvalue weighted by molar-refractivity contribution is -0.386. The van der Waals surface area contributed by atoms with E-state index >= 15 is 0 Å². The second kappa shape index (κ2) is 27.9. The van der Waals surface area contributed by atoms with Crippen LogP contribution in [0.2, 0.25) is 0 Å². The molecule has 21 nitrogen and oxygen atoms in total. The Labute approximate surface area is 573 Å². The summed E-state index contributed by atoms with van der Waals surface area (Å²) in [5.41, 5.74) is 27.2. The zero-order valence-electron chi connectivity index (χ0n) is 54.9. The highest BCUT2D eigenvalue weighted by atomic mass is 127. The SMILES string of the molecule is C.Cc1sc2nc(-c3c(C)c(C)c(C)c([N+](=O)[O-])c3C)c(-c3ccnc(F)c3)n2c1C.Cc1sc2nc(-c3c(C)c(C)c(C)c([N+](=O)[O-])c3C)c(-c3ccnc(N)c3)n2c1C.Cc1sc2nc(-c3c(C)c(C)c(C)c([N+](=O)[O-])c3C)c(I)n2c1C.OB(O)c1ccnc(F)c1. The molecule has 0 aliphatic rings. The van der Waals surface area contributed by atoms with Crippen LogP contribution >= 0.6 is 56.6 Å². The number of nitro benzene ring substituents is 3. The Morgan fingerprint density at radius 1 is 0.463 bits per heavy atom. The molecule has 0 bridgehead atoms. The van der Waals surface area contributed by atoms with Crippen LogP contribution in [0, 0.1) is 171 Å². The average molecular weight is 1460 g/mol. The molecule has 0 aliphatic heterocycles. The van der Waals surface area contributed by atoms with E-state index in [1.165, 1.54) is 40.0 Å². The number of benzene rings is 3. The first-order chi connectivity index (χ1) is 44.1. The Bertz CT molecular complexity index is 4920. The second-order valence-electron chi connectivity index (χ2n) is 23.0. The summed E-state index contributed by atoms with van der Waals surface area (Å²) in [5.74, 6) is -0.888. The van der Waals surface area contributed by atoms with Gasteiger partial charge in [0.2, 0.25) is 11.9 Å². The van der Waals surface area contributed by atoms with Gasteiger partial charge in [0.05, 0.1) is 37.5 Å². The van der Waals surface area contributed by atoms with E-state index in [-0.39, 0.29) is 44.7 Å². The van der Waals surface area contributed by atoms with Crippen molar-refractivity contribution in [3.8, 4) is 56.3 Å². The lowest BCUT2D eigenvalue weighted by atomic mass is 9.81. The molecule has 9 heterocycles. The van der Waals surface area contributed by atoms with Gasteiger partial charge in [0.25, 0.3) is 17.1 Å². The summed E-state index contributed by atoms with van der Waals surface area (Å²) < 4.78 is 33.5. The summed E-state index contributed by atoms with van der Waals surface area (Å²) in [6.45, 7) is 34.8. The normalized spacial score (nSPS) is 11.1. The summed E-state index contributed by atoms with van der Waals surface area (Å²) in [5, 5.41) is 52.3. The summed E-state index contributed by atoms with van der Waals surface area (Å²) in [4.78, 5) is 66.1. The molecule has 0 unspecified atom stereocenters. The number of imidazole rings is 3. The Hall–Kier alpha value is -8.81. The summed E-state index contributed by atoms with van der Waals surface area (Å²) in [6, 6.07) is 9.12. The van der Waals surface area contributed by atoms with Gasteiger partial charge in [-0.25, -0.2) is 29.9 Å². The van der Waals surface area contributed by atoms with Crippen LogP contribution in [0.4, 0.5) is 31.7 Å². The van der Waals surface area contributed by atoms with Gasteiger partial charge in [-0.15, -0.1) is 34.0 Å². The molecule has 494 valence electrons. The van der Waals surface area contributed by atoms with Crippen molar-refractivity contribution in [1.82, 2.24) is 43.1 Å². The third kappa shape index (κ3) is 13.0. The molecule has 12 rings (SSSR count). The third-order valence-corrected chi connectivity index (χ3v) is 22.0. The van der Waals surface area contributed by atoms with Crippen LogP contribution in [0.25, 0.3) is 71.2 Å². The number of hydrogen-bond donors (Lipinski definition) is 3. The Kier molecular flexibility index (Phi) is 21.1. The minimum atomic E-state index is -1.63. The minimum absolute atomic E-state index is 0. The van der Waals surface area contributed by atoms with Gasteiger partial charge in [0.15, 0.2) is 14.9 Å². The van der Waals surface area contributed by atoms with E-state index in [9.17, 15) is 39.1 Å². The standard InChI is InChI=1S/C22H21FN4O2S.C22H23N5O2S.C17H18IN3O2S.C5H5BFNO2.CH4/c2*1-10-11(2)18(13(4)20(12(10)3)27(28)29)19-21(16-7-8-24-17(23)9-16)26-14(5)15(6)30-22(26)25-19;1-7-8(2)13(10(4)15(9(7)3)21(22)23)14-16(18)20-11(5)12(6)24-17(20)19-14;7-5-3-4(6(9)10)1-2-8-5;/h7-9H,1-6H3;7-9H,1-6H3,(H2,23,24);1-6H3;1-3,9-10H;1H4. The number of nitrogens with two attached hydrogens (primary N) is 1. The first kappa shape index (κ1) is 72.0. The van der Waals surface area contributed by atoms with Crippen LogP contribution < -0.4 is 11.2 Å². The maximum Gasteiger partial charge on any atom is 0.488 e. The zero-order valence-corrected chi connectivity index (χ0v) is 59.5. The lowest BCUT2D eigenvalue weighted by Gasteiger charge is -2.16. The highest BCUT2D eigenvalue weighted by Crippen LogP contribution is 2.47. The molecule has 0 radical (unpaired) electrons. The van der Waals surface area contributed by atoms with Gasteiger partial charge in [-0.05, 0) is 216 Å². The van der Waals surface area contributed by atoms with Crippen molar-refractivity contribution in [2.75, 3.05) is 5.73 Å². The fourth-order valence-corrected chi connectivity index (χ4v) is 16.1. The average Bonchev–Trinajstić information content (AvgIpc) is 1.64. The Morgan fingerprint density at radius 3 is 1.13 bits per heavy atom. The Balaban J connectivity index is 0.000000170. The minimum Gasteiger partial charge on any atom is -0.423 e. The van der Waals surface area contributed by atoms with E-state index in [0.717, 1.165) is 125 Å². The molecule has 0 spiro atoms. The molecular formula is C67H71BF2IN13O8S3. The topological polar surface area (TPSA) is 286 Å². The number of nitrogens with zero attached hydrogens (tertiary/aromatic N) is 12. The maximum absolute atomic E-state index is 14.0. The number of nitro groups is 3. The van der Waals surface area contributed by atoms with E-state index < -0.39 is 19.0 Å². The number of pyridine rings is 3. The molecule has 28 heteroatoms. The predicted octanol–water partition coefficient (Wildman–Crippen LogP) is 16.5. The van der Waals surface area contributed by atoms with Crippen molar-refractivity contribution in [3.05, 3.63) is 199 Å². The number of nitrogen functional groups attached to an aromatic ring is 1. The third-order valence-electron chi connectivity index (χ3n) is 17.9. The molecule has 0 fully saturated rings. The van der Waals surface area contributed by atoms with Gasteiger partial charge < -0.3 is 15.8 Å². The fourth-order valence-electron chi connectivity index (χ4n) is 12.0. The van der Waals surface area contributed by atoms with Crippen molar-refractivity contribution in [2.24, 2.45) is 0 Å². The lowest BCUT2D eigenvalue weighted by Crippen LogP contribution is -2.30. The largest absolute Gasteiger partial charge is 0.488 e. The van der Waals surface area contributed by atoms with Crippen molar-refractivity contribution < 1.29 is 33.6 Å². The highest BCUT2D eigenvalue weighted by Gasteiger charge is 2.32. The number of halogens is 3. The highest BCUT2D eigenvalue weighted by molar-refractivity contribution is 14.1. The molecule has 12 aromatic rings. The number of aryl methyl sites for hydroxylation is 6. The quantitative estimate of drug-likeness (QED) is 0.0398. The number of anilines is 1. The first-order valence-corrected chi connectivity index (χ1v) is 32.8. The van der Waals surface area contributed by atoms with Crippen LogP contribution in [0.5, 0.6) is 0 Å². The van der Waals surface area contributed by atoms with Crippen LogP contribution in [0.15, 0.2) is 55.0 Å². The van der Waals surface area contributed by atoms with E-state index in [2.05, 4.69) is 74.0 Å². The van der Waals surface area contributed by atoms with Gasteiger partial charge >= 0.3 is 7.12 Å². The summed E-state index contributed by atoms with van der Waals surface area (Å²) in [6.07, 6.45) is 4.26. The fraction of sp³-hybridized carbons (Fsp3) is 0.284. The monoisotopic (exact) mass is 1460 g/mol. The Morgan fingerprint density at radius 2 is 0.789 bits per heavy atom. The van der Waals surface area contributed by atoms with E-state index in [1.54, 1.807) is 67.0 Å². The smallest absolute Gasteiger partial charge is 0.423 e. The number of hydrogen-bond acceptors (Lipinski definition) is 18. The van der Waals surface area contributed by atoms with Gasteiger partial charge in [-0.3, -0.25) is 43.5 Å². The predicted molar refractivity (Wildman–Crippen MR) is 385 cm³/mol. The molecule has 95 heavy (non-hydrogen) atoms. The van der Waals surface area contributed by atoms with E-state index in [4.69, 9.17) is 30.7 Å². The maximum atomic E-state index is 14.0. The molecule has 9 aromatic heterocycles. The van der Waals surface area contributed by atoms with Gasteiger partial charge in [-0.1, -0.05) is 7.43 Å². The second-order valence-corrected chi connectivity index (χ2v) is 27.6. The molecule has 0 amide bonds. The molecule has 0 atom stereocenters. The summed E-state index contributed by atoms with van der Waals surface area (Å²) >= 11 is 7.10. The molecular weight excluding hydrogens is 1390 g/mol. The van der Waals surface area contributed by atoms with Crippen LogP contribution in [0.1, 0.15) is 106 Å². The van der Waals surface area contributed by atoms with Crippen molar-refractivity contribution in [2.45, 2.75) is 132 Å². The van der Waals surface area contributed by atoms with E-state index in [1.807, 2.05) is 92.7 Å². The zero-order chi connectivity index (χ0) is 69.3. The van der Waals surface area contributed by atoms with Gasteiger partial charge in [0.1, 0.15) is 15.2 Å². The summed E-state index contributed by atoms with van der Waals surface area (Å²) in [7, 11) is -1.63. The molecule has 3 aromatic carbocycles. The van der Waals surface area contributed by atoms with Crippen LogP contribution in [-0.4, -0.2) is 75.0 Å². The molecule has 0 saturated heterocycles. The molecule has 0 saturated carbocycles. The number of rotatable bonds is 9. The van der Waals surface area contributed by atoms with Gasteiger partial charge in [0, 0.05) is 118 Å². The first-order valence-electron chi connectivity index (χ1n) is 29.3. The molecule has 4 N–H and O–H groups in total. The van der Waals surface area contributed by atoms with Crippen LogP contribution in [0.3, 0.4) is 0 Å². The molecule has 0 aliphatic carbocycles. The van der Waals surface area contributed by atoms with Crippen molar-refractivity contribution in [1.29, 1.82) is 0 Å². The number of fused-ring (bicyclic) bond motifs is 3. The van der Waals surface area contributed by atoms with Crippen molar-refractivity contribution in [3.63, 3.8) is 0 Å². The number of aromatic nitrogens is 9. The van der Waals surface area contributed by atoms with E-state index in [0.29, 0.717) is 44.9 Å². The van der Waals surface area contributed by atoms with Crippen molar-refractivity contribution >= 4 is 107 Å². The van der Waals surface area contributed by atoms with Gasteiger partial charge in [-0.2, -0.15) is 8.78 Å². The van der Waals surface area contributed by atoms with Crippen LogP contribution in [-0.2, 0) is 0 Å².